The highest BCUT2D eigenvalue weighted by atomic mass is 14.9. The van der Waals surface area contributed by atoms with E-state index >= 15 is 0 Å². The van der Waals surface area contributed by atoms with Crippen LogP contribution in [0.15, 0.2) is 0 Å². The van der Waals surface area contributed by atoms with Crippen molar-refractivity contribution in [3.63, 3.8) is 0 Å². The molecular formula is C16H33N. The maximum Gasteiger partial charge on any atom is 0.00951 e. The Morgan fingerprint density at radius 3 is 2.24 bits per heavy atom. The van der Waals surface area contributed by atoms with Gasteiger partial charge in [0.05, 0.1) is 0 Å². The second kappa shape index (κ2) is 8.97. The molecule has 0 aliphatic heterocycles. The molecule has 17 heavy (non-hydrogen) atoms. The molecule has 0 spiro atoms. The normalized spacial score (nSPS) is 27.0. The van der Waals surface area contributed by atoms with Crippen molar-refractivity contribution < 1.29 is 0 Å². The van der Waals surface area contributed by atoms with E-state index in [2.05, 4.69) is 26.1 Å². The maximum absolute atomic E-state index is 3.71. The van der Waals surface area contributed by atoms with Gasteiger partial charge in [-0.3, -0.25) is 0 Å². The van der Waals surface area contributed by atoms with Crippen molar-refractivity contribution in [2.75, 3.05) is 6.54 Å². The molecule has 0 saturated heterocycles. The average molecular weight is 239 g/mol. The third-order valence-electron chi connectivity index (χ3n) is 4.49. The molecule has 1 aliphatic rings. The van der Waals surface area contributed by atoms with Crippen LogP contribution in [0.4, 0.5) is 0 Å². The minimum absolute atomic E-state index is 0.803. The Kier molecular flexibility index (Phi) is 7.92. The van der Waals surface area contributed by atoms with Crippen LogP contribution in [0.2, 0.25) is 0 Å². The first kappa shape index (κ1) is 15.0. The van der Waals surface area contributed by atoms with Crippen LogP contribution in [0, 0.1) is 11.8 Å². The van der Waals surface area contributed by atoms with Gasteiger partial charge in [0.1, 0.15) is 0 Å². The van der Waals surface area contributed by atoms with Crippen molar-refractivity contribution in [1.29, 1.82) is 0 Å². The molecule has 1 aliphatic carbocycles. The van der Waals surface area contributed by atoms with Gasteiger partial charge in [0.25, 0.3) is 0 Å². The molecule has 1 nitrogen and oxygen atoms in total. The fourth-order valence-corrected chi connectivity index (χ4v) is 3.45. The average Bonchev–Trinajstić information content (AvgIpc) is 2.37. The molecule has 102 valence electrons. The second-order valence-corrected chi connectivity index (χ2v) is 5.88. The molecule has 0 heterocycles. The fraction of sp³-hybridized carbons (Fsp3) is 1.00. The second-order valence-electron chi connectivity index (χ2n) is 5.88. The summed E-state index contributed by atoms with van der Waals surface area (Å²) in [6, 6.07) is 0.803. The first-order valence-corrected chi connectivity index (χ1v) is 8.05. The van der Waals surface area contributed by atoms with Gasteiger partial charge < -0.3 is 5.32 Å². The summed E-state index contributed by atoms with van der Waals surface area (Å²) in [5.74, 6) is 2.02. The van der Waals surface area contributed by atoms with Crippen LogP contribution >= 0.6 is 0 Å². The highest BCUT2D eigenvalue weighted by molar-refractivity contribution is 4.81. The molecule has 0 amide bonds. The van der Waals surface area contributed by atoms with Crippen molar-refractivity contribution in [2.45, 2.75) is 84.6 Å². The van der Waals surface area contributed by atoms with E-state index in [9.17, 15) is 0 Å². The summed E-state index contributed by atoms with van der Waals surface area (Å²) in [6.45, 7) is 8.02. The van der Waals surface area contributed by atoms with E-state index in [1.807, 2.05) is 0 Å². The third kappa shape index (κ3) is 5.42. The van der Waals surface area contributed by atoms with E-state index in [1.165, 1.54) is 57.8 Å². The molecule has 1 unspecified atom stereocenters. The molecule has 0 aromatic rings. The van der Waals surface area contributed by atoms with Crippen molar-refractivity contribution in [3.8, 4) is 0 Å². The summed E-state index contributed by atoms with van der Waals surface area (Å²) in [7, 11) is 0. The van der Waals surface area contributed by atoms with Crippen LogP contribution in [0.25, 0.3) is 0 Å². The van der Waals surface area contributed by atoms with E-state index in [0.717, 1.165) is 24.4 Å². The summed E-state index contributed by atoms with van der Waals surface area (Å²) in [5, 5.41) is 3.71. The fourth-order valence-electron chi connectivity index (χ4n) is 3.45. The molecule has 0 bridgehead atoms. The minimum Gasteiger partial charge on any atom is -0.314 e. The monoisotopic (exact) mass is 239 g/mol. The number of hydrogen-bond acceptors (Lipinski definition) is 1. The van der Waals surface area contributed by atoms with E-state index in [-0.39, 0.29) is 0 Å². The molecule has 0 radical (unpaired) electrons. The summed E-state index contributed by atoms with van der Waals surface area (Å²) >= 11 is 0. The van der Waals surface area contributed by atoms with Crippen LogP contribution in [0.5, 0.6) is 0 Å². The first-order chi connectivity index (χ1) is 8.31. The highest BCUT2D eigenvalue weighted by Crippen LogP contribution is 2.34. The summed E-state index contributed by atoms with van der Waals surface area (Å²) in [4.78, 5) is 0. The van der Waals surface area contributed by atoms with Crippen LogP contribution in [-0.2, 0) is 0 Å². The molecule has 0 aromatic heterocycles. The van der Waals surface area contributed by atoms with Crippen molar-refractivity contribution in [2.24, 2.45) is 11.8 Å². The van der Waals surface area contributed by atoms with Gasteiger partial charge in [-0.15, -0.1) is 0 Å². The lowest BCUT2D eigenvalue weighted by Crippen LogP contribution is -2.38. The van der Waals surface area contributed by atoms with Gasteiger partial charge in [0.15, 0.2) is 0 Å². The van der Waals surface area contributed by atoms with Gasteiger partial charge in [0.2, 0.25) is 0 Å². The number of unbranched alkanes of at least 4 members (excludes halogenated alkanes) is 1. The highest BCUT2D eigenvalue weighted by Gasteiger charge is 2.26. The van der Waals surface area contributed by atoms with Crippen LogP contribution in [-0.4, -0.2) is 12.6 Å². The number of hydrogen-bond donors (Lipinski definition) is 1. The SMILES string of the molecule is CCCCC1CCC(C(CCC)NCC)CC1. The Balaban J connectivity index is 2.27. The van der Waals surface area contributed by atoms with E-state index in [4.69, 9.17) is 0 Å². The van der Waals surface area contributed by atoms with Crippen LogP contribution < -0.4 is 5.32 Å². The lowest BCUT2D eigenvalue weighted by molar-refractivity contribution is 0.206. The Hall–Kier alpha value is -0.0400. The van der Waals surface area contributed by atoms with E-state index in [0.29, 0.717) is 0 Å². The Bertz CT molecular complexity index is 164. The topological polar surface area (TPSA) is 12.0 Å². The zero-order valence-corrected chi connectivity index (χ0v) is 12.3. The van der Waals surface area contributed by atoms with E-state index in [1.54, 1.807) is 0 Å². The molecule has 1 fully saturated rings. The number of nitrogens with one attached hydrogen (secondary N) is 1. The molecule has 1 atom stereocenters. The third-order valence-corrected chi connectivity index (χ3v) is 4.49. The smallest absolute Gasteiger partial charge is 0.00951 e. The van der Waals surface area contributed by atoms with Crippen molar-refractivity contribution >= 4 is 0 Å². The van der Waals surface area contributed by atoms with Gasteiger partial charge in [-0.2, -0.15) is 0 Å². The summed E-state index contributed by atoms with van der Waals surface area (Å²) in [5.41, 5.74) is 0. The van der Waals surface area contributed by atoms with Crippen LogP contribution in [0.1, 0.15) is 78.6 Å². The summed E-state index contributed by atoms with van der Waals surface area (Å²) < 4.78 is 0. The van der Waals surface area contributed by atoms with Gasteiger partial charge in [-0.25, -0.2) is 0 Å². The first-order valence-electron chi connectivity index (χ1n) is 8.05. The predicted molar refractivity (Wildman–Crippen MR) is 77.3 cm³/mol. The molecular weight excluding hydrogens is 206 g/mol. The lowest BCUT2D eigenvalue weighted by atomic mass is 9.76. The van der Waals surface area contributed by atoms with Crippen molar-refractivity contribution in [1.82, 2.24) is 5.32 Å². The predicted octanol–water partition coefficient (Wildman–Crippen LogP) is 4.76. The quantitative estimate of drug-likeness (QED) is 0.644. The van der Waals surface area contributed by atoms with Crippen molar-refractivity contribution in [3.05, 3.63) is 0 Å². The Labute approximate surface area is 109 Å². The maximum atomic E-state index is 3.71. The van der Waals surface area contributed by atoms with Gasteiger partial charge in [-0.05, 0) is 37.6 Å². The molecule has 0 aromatic carbocycles. The van der Waals surface area contributed by atoms with Gasteiger partial charge in [-0.1, -0.05) is 59.3 Å². The number of rotatable bonds is 8. The molecule has 1 saturated carbocycles. The largest absolute Gasteiger partial charge is 0.314 e. The zero-order valence-electron chi connectivity index (χ0n) is 12.3. The Morgan fingerprint density at radius 2 is 1.71 bits per heavy atom. The minimum atomic E-state index is 0.803. The van der Waals surface area contributed by atoms with Gasteiger partial charge in [0, 0.05) is 6.04 Å². The zero-order chi connectivity index (χ0) is 12.5. The van der Waals surface area contributed by atoms with E-state index < -0.39 is 0 Å². The molecule has 1 rings (SSSR count). The Morgan fingerprint density at radius 1 is 1.00 bits per heavy atom. The standard InChI is InChI=1S/C16H33N/c1-4-7-9-14-10-12-15(13-11-14)16(8-5-2)17-6-3/h14-17H,4-13H2,1-3H3. The molecule has 1 heteroatoms. The molecule has 1 N–H and O–H groups in total. The summed E-state index contributed by atoms with van der Waals surface area (Å²) in [6.07, 6.45) is 13.0. The van der Waals surface area contributed by atoms with Gasteiger partial charge >= 0.3 is 0 Å². The lowest BCUT2D eigenvalue weighted by Gasteiger charge is -2.34. The van der Waals surface area contributed by atoms with Crippen LogP contribution in [0.3, 0.4) is 0 Å².